The zero-order valence-corrected chi connectivity index (χ0v) is 9.69. The molecule has 0 unspecified atom stereocenters. The van der Waals surface area contributed by atoms with Gasteiger partial charge in [0.1, 0.15) is 0 Å². The lowest BCUT2D eigenvalue weighted by atomic mass is 10.2. The third-order valence-electron chi connectivity index (χ3n) is 2.50. The molecule has 0 bridgehead atoms. The van der Waals surface area contributed by atoms with Gasteiger partial charge in [0.2, 0.25) is 0 Å². The molecule has 1 aromatic carbocycles. The predicted octanol–water partition coefficient (Wildman–Crippen LogP) is 1.07. The zero-order valence-electron chi connectivity index (χ0n) is 9.69. The third kappa shape index (κ3) is 2.69. The van der Waals surface area contributed by atoms with Crippen molar-refractivity contribution < 1.29 is 4.92 Å². The highest BCUT2D eigenvalue weighted by molar-refractivity contribution is 5.40. The van der Waals surface area contributed by atoms with Crippen molar-refractivity contribution in [2.45, 2.75) is 12.8 Å². The van der Waals surface area contributed by atoms with Crippen molar-refractivity contribution in [3.63, 3.8) is 0 Å². The summed E-state index contributed by atoms with van der Waals surface area (Å²) in [4.78, 5) is 10.1. The fourth-order valence-electron chi connectivity index (χ4n) is 1.55. The molecule has 0 fully saturated rings. The molecule has 7 nitrogen and oxygen atoms in total. The van der Waals surface area contributed by atoms with Crippen LogP contribution in [0.3, 0.4) is 0 Å². The predicted molar refractivity (Wildman–Crippen MR) is 65.4 cm³/mol. The molecule has 2 rings (SSSR count). The van der Waals surface area contributed by atoms with Gasteiger partial charge in [-0.15, -0.1) is 5.10 Å². The Bertz CT molecular complexity index is 535. The topological polar surface area (TPSA) is 99.9 Å². The molecule has 0 saturated carbocycles. The van der Waals surface area contributed by atoms with E-state index in [1.165, 1.54) is 12.1 Å². The van der Waals surface area contributed by atoms with E-state index >= 15 is 0 Å². The molecule has 0 radical (unpaired) electrons. The van der Waals surface area contributed by atoms with Gasteiger partial charge in [-0.2, -0.15) is 0 Å². The van der Waals surface area contributed by atoms with Crippen molar-refractivity contribution in [1.82, 2.24) is 15.0 Å². The lowest BCUT2D eigenvalue weighted by Crippen LogP contribution is -2.00. The lowest BCUT2D eigenvalue weighted by Gasteiger charge is -1.98. The summed E-state index contributed by atoms with van der Waals surface area (Å²) in [6.45, 7) is 0.615. The van der Waals surface area contributed by atoms with Crippen LogP contribution in [-0.2, 0) is 6.42 Å². The molecule has 0 spiro atoms. The minimum Gasteiger partial charge on any atom is -0.330 e. The Morgan fingerprint density at radius 3 is 2.67 bits per heavy atom. The van der Waals surface area contributed by atoms with Crippen LogP contribution in [0.25, 0.3) is 5.69 Å². The van der Waals surface area contributed by atoms with Crippen LogP contribution in [-0.4, -0.2) is 26.5 Å². The Labute approximate surface area is 103 Å². The molecule has 7 heteroatoms. The minimum atomic E-state index is -0.433. The number of nitrogens with zero attached hydrogens (tertiary/aromatic N) is 4. The fourth-order valence-corrected chi connectivity index (χ4v) is 1.55. The van der Waals surface area contributed by atoms with Crippen LogP contribution in [0.4, 0.5) is 5.69 Å². The first kappa shape index (κ1) is 12.2. The molecule has 1 heterocycles. The van der Waals surface area contributed by atoms with Crippen LogP contribution in [0.1, 0.15) is 12.1 Å². The minimum absolute atomic E-state index is 0.0576. The Morgan fingerprint density at radius 1 is 1.33 bits per heavy atom. The summed E-state index contributed by atoms with van der Waals surface area (Å²) in [5.41, 5.74) is 7.08. The van der Waals surface area contributed by atoms with Crippen LogP contribution >= 0.6 is 0 Å². The highest BCUT2D eigenvalue weighted by atomic mass is 16.6. The maximum Gasteiger partial charge on any atom is 0.269 e. The van der Waals surface area contributed by atoms with Gasteiger partial charge < -0.3 is 5.73 Å². The molecule has 2 N–H and O–H groups in total. The standard InChI is InChI=1S/C11H13N5O2/c12-7-1-2-9-8-15(14-13-9)10-3-5-11(6-4-10)16(17)18/h3-6,8H,1-2,7,12H2. The number of aromatic nitrogens is 3. The summed E-state index contributed by atoms with van der Waals surface area (Å²) < 4.78 is 1.59. The number of nitro benzene ring substituents is 1. The van der Waals surface area contributed by atoms with E-state index in [-0.39, 0.29) is 5.69 Å². The van der Waals surface area contributed by atoms with E-state index < -0.39 is 4.92 Å². The number of hydrogen-bond acceptors (Lipinski definition) is 5. The van der Waals surface area contributed by atoms with Gasteiger partial charge in [0.05, 0.1) is 22.5 Å². The van der Waals surface area contributed by atoms with E-state index in [0.29, 0.717) is 6.54 Å². The van der Waals surface area contributed by atoms with Gasteiger partial charge in [-0.3, -0.25) is 10.1 Å². The summed E-state index contributed by atoms with van der Waals surface area (Å²) in [5, 5.41) is 18.5. The van der Waals surface area contributed by atoms with Gasteiger partial charge in [0.15, 0.2) is 0 Å². The summed E-state index contributed by atoms with van der Waals surface area (Å²) >= 11 is 0. The second-order valence-electron chi connectivity index (χ2n) is 3.82. The van der Waals surface area contributed by atoms with Crippen LogP contribution in [0, 0.1) is 10.1 Å². The Hall–Kier alpha value is -2.28. The molecule has 2 aromatic rings. The maximum atomic E-state index is 10.5. The molecule has 0 aliphatic heterocycles. The SMILES string of the molecule is NCCCc1cn(-c2ccc([N+](=O)[O-])cc2)nn1. The summed E-state index contributed by atoms with van der Waals surface area (Å²) in [5.74, 6) is 0. The quantitative estimate of drug-likeness (QED) is 0.629. The van der Waals surface area contributed by atoms with Gasteiger partial charge >= 0.3 is 0 Å². The average Bonchev–Trinajstić information content (AvgIpc) is 2.85. The monoisotopic (exact) mass is 247 g/mol. The van der Waals surface area contributed by atoms with Crippen LogP contribution < -0.4 is 5.73 Å². The van der Waals surface area contributed by atoms with Crippen molar-refractivity contribution in [2.24, 2.45) is 5.73 Å². The number of non-ortho nitro benzene ring substituents is 1. The van der Waals surface area contributed by atoms with Crippen molar-refractivity contribution in [1.29, 1.82) is 0 Å². The number of nitrogens with two attached hydrogens (primary N) is 1. The smallest absolute Gasteiger partial charge is 0.269 e. The van der Waals surface area contributed by atoms with Crippen molar-refractivity contribution in [3.8, 4) is 5.69 Å². The molecule has 0 aliphatic rings. The number of hydrogen-bond donors (Lipinski definition) is 1. The second kappa shape index (κ2) is 5.37. The summed E-state index contributed by atoms with van der Waals surface area (Å²) in [7, 11) is 0. The van der Waals surface area contributed by atoms with E-state index in [9.17, 15) is 10.1 Å². The maximum absolute atomic E-state index is 10.5. The summed E-state index contributed by atoms with van der Waals surface area (Å²) in [6, 6.07) is 6.16. The van der Waals surface area contributed by atoms with E-state index in [4.69, 9.17) is 5.73 Å². The molecule has 0 aliphatic carbocycles. The molecule has 94 valence electrons. The Kier molecular flexibility index (Phi) is 3.63. The first-order valence-corrected chi connectivity index (χ1v) is 5.57. The average molecular weight is 247 g/mol. The van der Waals surface area contributed by atoms with E-state index in [2.05, 4.69) is 10.3 Å². The number of nitro groups is 1. The first-order valence-electron chi connectivity index (χ1n) is 5.57. The van der Waals surface area contributed by atoms with Crippen molar-refractivity contribution in [2.75, 3.05) is 6.54 Å². The Morgan fingerprint density at radius 2 is 2.06 bits per heavy atom. The van der Waals surface area contributed by atoms with Crippen LogP contribution in [0.2, 0.25) is 0 Å². The molecule has 0 saturated heterocycles. The largest absolute Gasteiger partial charge is 0.330 e. The molecule has 1 aromatic heterocycles. The fraction of sp³-hybridized carbons (Fsp3) is 0.273. The molecular formula is C11H13N5O2. The normalized spacial score (nSPS) is 10.5. The van der Waals surface area contributed by atoms with Crippen LogP contribution in [0.5, 0.6) is 0 Å². The lowest BCUT2D eigenvalue weighted by molar-refractivity contribution is -0.384. The van der Waals surface area contributed by atoms with Crippen molar-refractivity contribution in [3.05, 3.63) is 46.3 Å². The number of rotatable bonds is 5. The van der Waals surface area contributed by atoms with Gasteiger partial charge in [-0.05, 0) is 31.5 Å². The third-order valence-corrected chi connectivity index (χ3v) is 2.50. The van der Waals surface area contributed by atoms with E-state index in [1.807, 2.05) is 0 Å². The van der Waals surface area contributed by atoms with Gasteiger partial charge in [-0.25, -0.2) is 4.68 Å². The van der Waals surface area contributed by atoms with Crippen molar-refractivity contribution >= 4 is 5.69 Å². The van der Waals surface area contributed by atoms with Gasteiger partial charge in [-0.1, -0.05) is 5.21 Å². The molecular weight excluding hydrogens is 234 g/mol. The van der Waals surface area contributed by atoms with E-state index in [0.717, 1.165) is 24.2 Å². The second-order valence-corrected chi connectivity index (χ2v) is 3.82. The molecule has 18 heavy (non-hydrogen) atoms. The molecule has 0 atom stereocenters. The van der Waals surface area contributed by atoms with E-state index in [1.54, 1.807) is 23.0 Å². The van der Waals surface area contributed by atoms with Crippen LogP contribution in [0.15, 0.2) is 30.5 Å². The summed E-state index contributed by atoms with van der Waals surface area (Å²) in [6.07, 6.45) is 3.44. The first-order chi connectivity index (χ1) is 8.70. The number of benzene rings is 1. The molecule has 0 amide bonds. The highest BCUT2D eigenvalue weighted by Gasteiger charge is 2.06. The van der Waals surface area contributed by atoms with Gasteiger partial charge in [0.25, 0.3) is 5.69 Å². The Balaban J connectivity index is 2.15. The van der Waals surface area contributed by atoms with Gasteiger partial charge in [0, 0.05) is 12.1 Å². The number of aryl methyl sites for hydroxylation is 1. The highest BCUT2D eigenvalue weighted by Crippen LogP contribution is 2.14. The zero-order chi connectivity index (χ0) is 13.0.